The van der Waals surface area contributed by atoms with E-state index in [1.165, 1.54) is 6.92 Å². The van der Waals surface area contributed by atoms with Crippen LogP contribution >= 0.6 is 0 Å². The van der Waals surface area contributed by atoms with Crippen LogP contribution in [0, 0.1) is 0 Å². The lowest BCUT2D eigenvalue weighted by molar-refractivity contribution is -0.138. The lowest BCUT2D eigenvalue weighted by atomic mass is 10.0. The molecule has 0 spiro atoms. The number of carbonyl (C=O) groups excluding carboxylic acids is 4. The SMILES string of the molecule is CC(=O)N[C@@H](CCC(N)=O)C(=O)N[C@H](Cc1ccccc1)C(=O)N1C[C@@H](OCc2ccc3ccccc3c2)C[C@H]1CCCN=C(N)N. The summed E-state index contributed by atoms with van der Waals surface area (Å²) in [5, 5.41) is 7.73. The summed E-state index contributed by atoms with van der Waals surface area (Å²) in [6.45, 7) is 2.44. The Morgan fingerprint density at radius 3 is 2.34 bits per heavy atom. The molecule has 0 radical (unpaired) electrons. The van der Waals surface area contributed by atoms with Crippen molar-refractivity contribution in [2.24, 2.45) is 22.2 Å². The number of aliphatic imine (C=N–C) groups is 1. The number of benzene rings is 3. The summed E-state index contributed by atoms with van der Waals surface area (Å²) in [4.78, 5) is 57.0. The summed E-state index contributed by atoms with van der Waals surface area (Å²) in [6, 6.07) is 21.6. The van der Waals surface area contributed by atoms with Crippen molar-refractivity contribution in [1.82, 2.24) is 15.5 Å². The van der Waals surface area contributed by atoms with Crippen molar-refractivity contribution in [3.63, 3.8) is 0 Å². The van der Waals surface area contributed by atoms with Crippen LogP contribution in [0.2, 0.25) is 0 Å². The quantitative estimate of drug-likeness (QED) is 0.0892. The summed E-state index contributed by atoms with van der Waals surface area (Å²) < 4.78 is 6.37. The predicted octanol–water partition coefficient (Wildman–Crippen LogP) is 1.88. The molecule has 8 N–H and O–H groups in total. The lowest BCUT2D eigenvalue weighted by Gasteiger charge is -2.30. The molecule has 4 amide bonds. The molecule has 1 fully saturated rings. The minimum Gasteiger partial charge on any atom is -0.372 e. The summed E-state index contributed by atoms with van der Waals surface area (Å²) in [5.41, 5.74) is 18.2. The summed E-state index contributed by atoms with van der Waals surface area (Å²) in [6.07, 6.45) is 1.81. The molecule has 0 aromatic heterocycles. The average molecular weight is 644 g/mol. The van der Waals surface area contributed by atoms with Crippen LogP contribution in [0.3, 0.4) is 0 Å². The van der Waals surface area contributed by atoms with E-state index < -0.39 is 29.8 Å². The highest BCUT2D eigenvalue weighted by Crippen LogP contribution is 2.27. The van der Waals surface area contributed by atoms with Crippen LogP contribution < -0.4 is 27.8 Å². The number of guanidine groups is 1. The van der Waals surface area contributed by atoms with E-state index in [9.17, 15) is 19.2 Å². The largest absolute Gasteiger partial charge is 0.372 e. The molecular weight excluding hydrogens is 598 g/mol. The number of amides is 4. The molecule has 0 unspecified atom stereocenters. The first-order valence-corrected chi connectivity index (χ1v) is 15.9. The van der Waals surface area contributed by atoms with Gasteiger partial charge in [-0.15, -0.1) is 0 Å². The van der Waals surface area contributed by atoms with Crippen LogP contribution in [0.5, 0.6) is 0 Å². The van der Waals surface area contributed by atoms with Crippen LogP contribution in [0.4, 0.5) is 0 Å². The number of fused-ring (bicyclic) bond motifs is 1. The number of hydrogen-bond acceptors (Lipinski definition) is 6. The van der Waals surface area contributed by atoms with Gasteiger partial charge in [0.05, 0.1) is 12.7 Å². The summed E-state index contributed by atoms with van der Waals surface area (Å²) in [7, 11) is 0. The molecule has 3 aromatic rings. The maximum atomic E-state index is 14.3. The normalized spacial score (nSPS) is 17.1. The number of carbonyl (C=O) groups is 4. The Balaban J connectivity index is 1.53. The van der Waals surface area contributed by atoms with Crippen LogP contribution in [0.15, 0.2) is 77.8 Å². The molecule has 0 saturated carbocycles. The van der Waals surface area contributed by atoms with Gasteiger partial charge in [-0.25, -0.2) is 0 Å². The number of likely N-dealkylation sites (tertiary alicyclic amines) is 1. The van der Waals surface area contributed by atoms with Crippen molar-refractivity contribution < 1.29 is 23.9 Å². The molecule has 1 saturated heterocycles. The van der Waals surface area contributed by atoms with Crippen molar-refractivity contribution >= 4 is 40.4 Å². The van der Waals surface area contributed by atoms with Crippen LogP contribution in [-0.2, 0) is 36.9 Å². The van der Waals surface area contributed by atoms with Gasteiger partial charge in [-0.05, 0) is 53.6 Å². The van der Waals surface area contributed by atoms with Gasteiger partial charge in [0.25, 0.3) is 0 Å². The van der Waals surface area contributed by atoms with E-state index in [-0.39, 0.29) is 43.3 Å². The molecule has 12 heteroatoms. The number of nitrogens with one attached hydrogen (secondary N) is 2. The Morgan fingerprint density at radius 2 is 1.64 bits per heavy atom. The van der Waals surface area contributed by atoms with Crippen molar-refractivity contribution in [2.45, 2.75) is 76.3 Å². The Hall–Kier alpha value is -4.97. The first kappa shape index (κ1) is 34.9. The van der Waals surface area contributed by atoms with E-state index in [0.717, 1.165) is 21.9 Å². The molecule has 3 aromatic carbocycles. The molecular formula is C35H45N7O5. The predicted molar refractivity (Wildman–Crippen MR) is 181 cm³/mol. The molecule has 0 bridgehead atoms. The van der Waals surface area contributed by atoms with Crippen molar-refractivity contribution in [2.75, 3.05) is 13.1 Å². The van der Waals surface area contributed by atoms with Crippen LogP contribution in [-0.4, -0.2) is 71.8 Å². The molecule has 47 heavy (non-hydrogen) atoms. The van der Waals surface area contributed by atoms with Crippen LogP contribution in [0.25, 0.3) is 10.8 Å². The third kappa shape index (κ3) is 10.8. The Kier molecular flexibility index (Phi) is 12.7. The van der Waals surface area contributed by atoms with Gasteiger partial charge >= 0.3 is 0 Å². The molecule has 4 atom stereocenters. The topological polar surface area (TPSA) is 195 Å². The Morgan fingerprint density at radius 1 is 0.915 bits per heavy atom. The zero-order chi connectivity index (χ0) is 33.8. The molecule has 1 aliphatic heterocycles. The van der Waals surface area contributed by atoms with E-state index in [0.29, 0.717) is 39.0 Å². The smallest absolute Gasteiger partial charge is 0.245 e. The molecule has 12 nitrogen and oxygen atoms in total. The highest BCUT2D eigenvalue weighted by Gasteiger charge is 2.39. The van der Waals surface area contributed by atoms with E-state index in [1.54, 1.807) is 4.90 Å². The van der Waals surface area contributed by atoms with E-state index in [4.69, 9.17) is 21.9 Å². The van der Waals surface area contributed by atoms with Crippen molar-refractivity contribution in [3.05, 3.63) is 83.9 Å². The molecule has 250 valence electrons. The van der Waals surface area contributed by atoms with Crippen molar-refractivity contribution in [1.29, 1.82) is 0 Å². The minimum absolute atomic E-state index is 0.00874. The number of ether oxygens (including phenoxy) is 1. The monoisotopic (exact) mass is 643 g/mol. The third-order valence-corrected chi connectivity index (χ3v) is 8.22. The lowest BCUT2D eigenvalue weighted by Crippen LogP contribution is -2.55. The molecule has 0 aliphatic carbocycles. The fourth-order valence-electron chi connectivity index (χ4n) is 5.94. The third-order valence-electron chi connectivity index (χ3n) is 8.22. The number of nitrogens with zero attached hydrogens (tertiary/aromatic N) is 2. The zero-order valence-electron chi connectivity index (χ0n) is 26.8. The summed E-state index contributed by atoms with van der Waals surface area (Å²) >= 11 is 0. The minimum atomic E-state index is -1.03. The second-order valence-electron chi connectivity index (χ2n) is 12.0. The first-order valence-electron chi connectivity index (χ1n) is 15.9. The van der Waals surface area contributed by atoms with Gasteiger partial charge in [0, 0.05) is 38.9 Å². The van der Waals surface area contributed by atoms with Gasteiger partial charge in [0.2, 0.25) is 23.6 Å². The average Bonchev–Trinajstić information content (AvgIpc) is 3.46. The Bertz CT molecular complexity index is 1560. The highest BCUT2D eigenvalue weighted by atomic mass is 16.5. The number of primary amides is 1. The van der Waals surface area contributed by atoms with E-state index >= 15 is 0 Å². The maximum Gasteiger partial charge on any atom is 0.245 e. The van der Waals surface area contributed by atoms with Crippen molar-refractivity contribution in [3.8, 4) is 0 Å². The number of hydrogen-bond donors (Lipinski definition) is 5. The van der Waals surface area contributed by atoms with Gasteiger partial charge in [0.1, 0.15) is 12.1 Å². The van der Waals surface area contributed by atoms with Gasteiger partial charge in [-0.2, -0.15) is 0 Å². The maximum absolute atomic E-state index is 14.3. The first-order chi connectivity index (χ1) is 22.6. The number of rotatable bonds is 16. The van der Waals surface area contributed by atoms with E-state index in [1.807, 2.05) is 48.5 Å². The highest BCUT2D eigenvalue weighted by molar-refractivity contribution is 5.92. The standard InChI is InChI=1S/C35H45N7O5/c1-23(43)40-30(15-16-32(36)44)33(45)41-31(19-24-8-3-2-4-9-24)34(46)42-21-29(20-28(42)12-7-17-39-35(37)38)47-22-25-13-14-26-10-5-6-11-27(26)18-25/h2-6,8-11,13-14,18,28-31H,7,12,15-17,19-22H2,1H3,(H2,36,44)(H,40,43)(H,41,45)(H4,37,38,39)/t28-,29+,30+,31-/m1/s1. The second kappa shape index (κ2) is 17.1. The molecule has 4 rings (SSSR count). The zero-order valence-corrected chi connectivity index (χ0v) is 26.8. The van der Waals surface area contributed by atoms with Gasteiger partial charge in [-0.1, -0.05) is 66.7 Å². The van der Waals surface area contributed by atoms with Crippen LogP contribution in [0.1, 0.15) is 50.2 Å². The summed E-state index contributed by atoms with van der Waals surface area (Å²) in [5.74, 6) is -1.85. The molecule has 1 heterocycles. The van der Waals surface area contributed by atoms with Gasteiger partial charge in [-0.3, -0.25) is 24.2 Å². The fourth-order valence-corrected chi connectivity index (χ4v) is 5.94. The van der Waals surface area contributed by atoms with Gasteiger partial charge in [0.15, 0.2) is 5.96 Å². The second-order valence-corrected chi connectivity index (χ2v) is 12.0. The number of nitrogens with two attached hydrogens (primary N) is 3. The Labute approximate surface area is 275 Å². The fraction of sp³-hybridized carbons (Fsp3) is 0.400. The molecule has 1 aliphatic rings. The van der Waals surface area contributed by atoms with E-state index in [2.05, 4.69) is 39.9 Å². The van der Waals surface area contributed by atoms with Gasteiger partial charge < -0.3 is 37.5 Å².